The van der Waals surface area contributed by atoms with Gasteiger partial charge in [-0.1, -0.05) is 41.4 Å². The fourth-order valence-corrected chi connectivity index (χ4v) is 2.32. The van der Waals surface area contributed by atoms with Gasteiger partial charge in [0.25, 0.3) is 5.91 Å². The van der Waals surface area contributed by atoms with Crippen LogP contribution in [0.15, 0.2) is 48.5 Å². The molecule has 0 bridgehead atoms. The number of rotatable bonds is 4. The second kappa shape index (κ2) is 6.77. The zero-order chi connectivity index (χ0) is 15.4. The molecule has 0 radical (unpaired) electrons. The fourth-order valence-electron chi connectivity index (χ4n) is 2.20. The zero-order valence-corrected chi connectivity index (χ0v) is 13.4. The largest absolute Gasteiger partial charge is 0.339 e. The highest BCUT2D eigenvalue weighted by molar-refractivity contribution is 6.30. The average molecular weight is 302 g/mol. The molecule has 110 valence electrons. The molecular weight excluding hydrogens is 282 g/mol. The summed E-state index contributed by atoms with van der Waals surface area (Å²) in [6.45, 7) is 4.07. The third-order valence-corrected chi connectivity index (χ3v) is 3.98. The number of aryl methyl sites for hydroxylation is 1. The number of nitrogens with zero attached hydrogens (tertiary/aromatic N) is 1. The summed E-state index contributed by atoms with van der Waals surface area (Å²) in [6, 6.07) is 15.6. The van der Waals surface area contributed by atoms with Gasteiger partial charge >= 0.3 is 0 Å². The summed E-state index contributed by atoms with van der Waals surface area (Å²) in [5.41, 5.74) is 3.06. The Morgan fingerprint density at radius 1 is 1.10 bits per heavy atom. The summed E-state index contributed by atoms with van der Waals surface area (Å²) in [7, 11) is 1.85. The molecule has 0 saturated heterocycles. The van der Waals surface area contributed by atoms with Crippen molar-refractivity contribution in [2.24, 2.45) is 0 Å². The quantitative estimate of drug-likeness (QED) is 0.822. The minimum absolute atomic E-state index is 0.0523. The SMILES string of the molecule is Cc1ccc(C(=O)N(C)C(C)Cc2ccc(Cl)cc2)cc1. The van der Waals surface area contributed by atoms with Gasteiger partial charge in [0.2, 0.25) is 0 Å². The van der Waals surface area contributed by atoms with Crippen LogP contribution < -0.4 is 0 Å². The monoisotopic (exact) mass is 301 g/mol. The van der Waals surface area contributed by atoms with E-state index in [0.717, 1.165) is 22.6 Å². The maximum Gasteiger partial charge on any atom is 0.253 e. The lowest BCUT2D eigenvalue weighted by Gasteiger charge is -2.25. The molecule has 0 aliphatic carbocycles. The van der Waals surface area contributed by atoms with Crippen LogP contribution in [0.2, 0.25) is 5.02 Å². The Kier molecular flexibility index (Phi) is 5.03. The number of carbonyl (C=O) groups excluding carboxylic acids is 1. The van der Waals surface area contributed by atoms with Gasteiger partial charge in [-0.2, -0.15) is 0 Å². The van der Waals surface area contributed by atoms with Crippen molar-refractivity contribution < 1.29 is 4.79 Å². The third kappa shape index (κ3) is 4.08. The maximum atomic E-state index is 12.4. The van der Waals surface area contributed by atoms with E-state index in [1.807, 2.05) is 62.5 Å². The molecule has 2 aromatic carbocycles. The first kappa shape index (κ1) is 15.6. The van der Waals surface area contributed by atoms with Gasteiger partial charge in [0.1, 0.15) is 0 Å². The van der Waals surface area contributed by atoms with E-state index in [2.05, 4.69) is 6.92 Å². The second-order valence-corrected chi connectivity index (χ2v) is 5.90. The molecule has 3 heteroatoms. The van der Waals surface area contributed by atoms with Crippen LogP contribution in [0.3, 0.4) is 0 Å². The summed E-state index contributed by atoms with van der Waals surface area (Å²) in [5.74, 6) is 0.0523. The van der Waals surface area contributed by atoms with Crippen molar-refractivity contribution in [3.8, 4) is 0 Å². The van der Waals surface area contributed by atoms with Gasteiger partial charge in [0.05, 0.1) is 0 Å². The molecule has 0 heterocycles. The first-order chi connectivity index (χ1) is 9.97. The molecule has 0 aromatic heterocycles. The molecule has 1 atom stereocenters. The van der Waals surface area contributed by atoms with E-state index in [1.54, 1.807) is 4.90 Å². The highest BCUT2D eigenvalue weighted by atomic mass is 35.5. The van der Waals surface area contributed by atoms with Crippen LogP contribution in [0.5, 0.6) is 0 Å². The van der Waals surface area contributed by atoms with E-state index in [4.69, 9.17) is 11.6 Å². The van der Waals surface area contributed by atoms with Gasteiger partial charge in [0.15, 0.2) is 0 Å². The lowest BCUT2D eigenvalue weighted by molar-refractivity contribution is 0.0743. The molecule has 2 rings (SSSR count). The summed E-state index contributed by atoms with van der Waals surface area (Å²) >= 11 is 5.89. The van der Waals surface area contributed by atoms with Crippen molar-refractivity contribution in [2.45, 2.75) is 26.3 Å². The standard InChI is InChI=1S/C18H20ClNO/c1-13-4-8-16(9-5-13)18(21)20(3)14(2)12-15-6-10-17(19)11-7-15/h4-11,14H,12H2,1-3H3. The summed E-state index contributed by atoms with van der Waals surface area (Å²) in [5, 5.41) is 0.732. The molecule has 0 spiro atoms. The number of hydrogen-bond acceptors (Lipinski definition) is 1. The molecule has 0 saturated carbocycles. The smallest absolute Gasteiger partial charge is 0.253 e. The number of carbonyl (C=O) groups is 1. The molecule has 2 aromatic rings. The van der Waals surface area contributed by atoms with Crippen LogP contribution in [0.25, 0.3) is 0 Å². The molecular formula is C18H20ClNO. The summed E-state index contributed by atoms with van der Waals surface area (Å²) in [4.78, 5) is 14.2. The van der Waals surface area contributed by atoms with Crippen molar-refractivity contribution in [1.29, 1.82) is 0 Å². The van der Waals surface area contributed by atoms with Gasteiger partial charge in [0, 0.05) is 23.7 Å². The van der Waals surface area contributed by atoms with E-state index in [0.29, 0.717) is 0 Å². The van der Waals surface area contributed by atoms with E-state index in [1.165, 1.54) is 5.56 Å². The first-order valence-corrected chi connectivity index (χ1v) is 7.43. The molecule has 0 aliphatic rings. The highest BCUT2D eigenvalue weighted by Gasteiger charge is 2.17. The van der Waals surface area contributed by atoms with E-state index in [9.17, 15) is 4.79 Å². The van der Waals surface area contributed by atoms with E-state index in [-0.39, 0.29) is 11.9 Å². The molecule has 0 N–H and O–H groups in total. The van der Waals surface area contributed by atoms with Crippen molar-refractivity contribution in [1.82, 2.24) is 4.90 Å². The topological polar surface area (TPSA) is 20.3 Å². The second-order valence-electron chi connectivity index (χ2n) is 5.46. The normalized spacial score (nSPS) is 12.0. The zero-order valence-electron chi connectivity index (χ0n) is 12.6. The van der Waals surface area contributed by atoms with Gasteiger partial charge in [-0.15, -0.1) is 0 Å². The van der Waals surface area contributed by atoms with Crippen molar-refractivity contribution >= 4 is 17.5 Å². The molecule has 1 unspecified atom stereocenters. The number of halogens is 1. The molecule has 21 heavy (non-hydrogen) atoms. The number of hydrogen-bond donors (Lipinski definition) is 0. The Labute approximate surface area is 131 Å². The van der Waals surface area contributed by atoms with Gasteiger partial charge < -0.3 is 4.90 Å². The Morgan fingerprint density at radius 3 is 2.24 bits per heavy atom. The maximum absolute atomic E-state index is 12.4. The minimum atomic E-state index is 0.0523. The third-order valence-electron chi connectivity index (χ3n) is 3.72. The molecule has 1 amide bonds. The first-order valence-electron chi connectivity index (χ1n) is 7.05. The van der Waals surface area contributed by atoms with Crippen LogP contribution in [-0.2, 0) is 6.42 Å². The number of likely N-dealkylation sites (N-methyl/N-ethyl adjacent to an activating group) is 1. The average Bonchev–Trinajstić information content (AvgIpc) is 2.49. The van der Waals surface area contributed by atoms with Gasteiger partial charge in [-0.05, 0) is 50.1 Å². The summed E-state index contributed by atoms with van der Waals surface area (Å²) in [6.07, 6.45) is 0.811. The van der Waals surface area contributed by atoms with Crippen LogP contribution in [0.1, 0.15) is 28.4 Å². The van der Waals surface area contributed by atoms with Crippen LogP contribution in [0, 0.1) is 6.92 Å². The van der Waals surface area contributed by atoms with Crippen molar-refractivity contribution in [3.05, 3.63) is 70.2 Å². The van der Waals surface area contributed by atoms with Crippen molar-refractivity contribution in [2.75, 3.05) is 7.05 Å². The predicted octanol–water partition coefficient (Wildman–Crippen LogP) is 4.35. The lowest BCUT2D eigenvalue weighted by Crippen LogP contribution is -2.36. The lowest BCUT2D eigenvalue weighted by atomic mass is 10.1. The van der Waals surface area contributed by atoms with Crippen LogP contribution >= 0.6 is 11.6 Å². The predicted molar refractivity (Wildman–Crippen MR) is 87.9 cm³/mol. The Bertz CT molecular complexity index is 604. The molecule has 0 aliphatic heterocycles. The number of amides is 1. The highest BCUT2D eigenvalue weighted by Crippen LogP contribution is 2.14. The van der Waals surface area contributed by atoms with Crippen molar-refractivity contribution in [3.63, 3.8) is 0 Å². The Balaban J connectivity index is 2.04. The Hall–Kier alpha value is -1.80. The minimum Gasteiger partial charge on any atom is -0.339 e. The Morgan fingerprint density at radius 2 is 1.67 bits per heavy atom. The van der Waals surface area contributed by atoms with Gasteiger partial charge in [-0.25, -0.2) is 0 Å². The van der Waals surface area contributed by atoms with E-state index < -0.39 is 0 Å². The fraction of sp³-hybridized carbons (Fsp3) is 0.278. The molecule has 0 fully saturated rings. The van der Waals surface area contributed by atoms with Crippen LogP contribution in [0.4, 0.5) is 0 Å². The van der Waals surface area contributed by atoms with Crippen LogP contribution in [-0.4, -0.2) is 23.9 Å². The van der Waals surface area contributed by atoms with E-state index >= 15 is 0 Å². The van der Waals surface area contributed by atoms with Gasteiger partial charge in [-0.3, -0.25) is 4.79 Å². The molecule has 2 nitrogen and oxygen atoms in total. The summed E-state index contributed by atoms with van der Waals surface area (Å²) < 4.78 is 0. The number of benzene rings is 2.